The van der Waals surface area contributed by atoms with Crippen molar-refractivity contribution in [3.8, 4) is 0 Å². The highest BCUT2D eigenvalue weighted by Crippen LogP contribution is 2.09. The van der Waals surface area contributed by atoms with Crippen LogP contribution < -0.4 is 0 Å². The summed E-state index contributed by atoms with van der Waals surface area (Å²) in [6.07, 6.45) is 3.43. The van der Waals surface area contributed by atoms with E-state index in [0.717, 1.165) is 5.01 Å². The topological polar surface area (TPSA) is 68.0 Å². The zero-order chi connectivity index (χ0) is 10.8. The molecule has 0 unspecified atom stereocenters. The molecule has 0 spiro atoms. The Morgan fingerprint density at radius 1 is 1.67 bits per heavy atom. The van der Waals surface area contributed by atoms with Crippen molar-refractivity contribution in [3.63, 3.8) is 0 Å². The second kappa shape index (κ2) is 3.82. The maximum absolute atomic E-state index is 10.7. The molecule has 0 aromatic carbocycles. The van der Waals surface area contributed by atoms with Gasteiger partial charge in [0.15, 0.2) is 5.69 Å². The molecule has 0 bridgehead atoms. The number of carboxylic acids is 1. The molecule has 0 atom stereocenters. The summed E-state index contributed by atoms with van der Waals surface area (Å²) in [5, 5.41) is 15.6. The highest BCUT2D eigenvalue weighted by Gasteiger charge is 2.12. The minimum absolute atomic E-state index is 0.103. The van der Waals surface area contributed by atoms with Crippen LogP contribution in [-0.2, 0) is 6.54 Å². The molecule has 5 nitrogen and oxygen atoms in total. The van der Waals surface area contributed by atoms with Gasteiger partial charge in [0, 0.05) is 23.3 Å². The lowest BCUT2D eigenvalue weighted by Gasteiger charge is -1.95. The Balaban J connectivity index is 2.23. The van der Waals surface area contributed by atoms with E-state index in [1.165, 1.54) is 11.3 Å². The van der Waals surface area contributed by atoms with E-state index < -0.39 is 5.97 Å². The fourth-order valence-electron chi connectivity index (χ4n) is 1.28. The second-order valence-corrected chi connectivity index (χ2v) is 4.07. The smallest absolute Gasteiger partial charge is 0.356 e. The molecule has 15 heavy (non-hydrogen) atoms. The summed E-state index contributed by atoms with van der Waals surface area (Å²) in [6.45, 7) is 2.25. The van der Waals surface area contributed by atoms with E-state index in [-0.39, 0.29) is 5.69 Å². The first-order valence-corrected chi connectivity index (χ1v) is 5.20. The standard InChI is InChI=1S/C9H9N3O2S/c1-6-4-12(11-8(6)9(13)14)5-7-10-2-3-15-7/h2-4H,5H2,1H3,(H,13,14). The summed E-state index contributed by atoms with van der Waals surface area (Å²) < 4.78 is 1.59. The number of aromatic nitrogens is 3. The first-order chi connectivity index (χ1) is 7.16. The first-order valence-electron chi connectivity index (χ1n) is 4.32. The first kappa shape index (κ1) is 9.85. The van der Waals surface area contributed by atoms with Crippen molar-refractivity contribution in [2.45, 2.75) is 13.5 Å². The van der Waals surface area contributed by atoms with E-state index in [2.05, 4.69) is 10.1 Å². The number of hydrogen-bond acceptors (Lipinski definition) is 4. The fourth-order valence-corrected chi connectivity index (χ4v) is 1.89. The van der Waals surface area contributed by atoms with Gasteiger partial charge >= 0.3 is 5.97 Å². The normalized spacial score (nSPS) is 10.5. The lowest BCUT2D eigenvalue weighted by atomic mass is 10.3. The number of aromatic carboxylic acids is 1. The Kier molecular flexibility index (Phi) is 2.51. The van der Waals surface area contributed by atoms with E-state index in [1.807, 2.05) is 5.38 Å². The summed E-state index contributed by atoms with van der Waals surface area (Å²) in [7, 11) is 0. The minimum Gasteiger partial charge on any atom is -0.476 e. The number of nitrogens with zero attached hydrogens (tertiary/aromatic N) is 3. The number of thiazole rings is 1. The van der Waals surface area contributed by atoms with Crippen molar-refractivity contribution in [3.05, 3.63) is 34.0 Å². The molecule has 0 aliphatic rings. The summed E-state index contributed by atoms with van der Waals surface area (Å²) in [5.41, 5.74) is 0.769. The molecule has 2 heterocycles. The van der Waals surface area contributed by atoms with Crippen LogP contribution in [-0.4, -0.2) is 25.8 Å². The zero-order valence-electron chi connectivity index (χ0n) is 8.04. The molecule has 0 aliphatic heterocycles. The van der Waals surface area contributed by atoms with Crippen molar-refractivity contribution in [1.82, 2.24) is 14.8 Å². The quantitative estimate of drug-likeness (QED) is 0.853. The SMILES string of the molecule is Cc1cn(Cc2nccs2)nc1C(=O)O. The monoisotopic (exact) mass is 223 g/mol. The van der Waals surface area contributed by atoms with Crippen LogP contribution >= 0.6 is 11.3 Å². The van der Waals surface area contributed by atoms with Crippen LogP contribution in [0.25, 0.3) is 0 Å². The lowest BCUT2D eigenvalue weighted by Crippen LogP contribution is -2.03. The molecule has 2 aromatic heterocycles. The van der Waals surface area contributed by atoms with Gasteiger partial charge in [-0.05, 0) is 6.92 Å². The Bertz CT molecular complexity index is 476. The second-order valence-electron chi connectivity index (χ2n) is 3.09. The van der Waals surface area contributed by atoms with Gasteiger partial charge in [0.2, 0.25) is 0 Å². The molecule has 78 valence electrons. The van der Waals surface area contributed by atoms with Crippen LogP contribution in [0.4, 0.5) is 0 Å². The summed E-state index contributed by atoms with van der Waals surface area (Å²) in [4.78, 5) is 14.9. The highest BCUT2D eigenvalue weighted by atomic mass is 32.1. The van der Waals surface area contributed by atoms with Crippen LogP contribution in [0.2, 0.25) is 0 Å². The third-order valence-electron chi connectivity index (χ3n) is 1.93. The van der Waals surface area contributed by atoms with Crippen molar-refractivity contribution in [2.75, 3.05) is 0 Å². The molecule has 0 aliphatic carbocycles. The predicted molar refractivity (Wildman–Crippen MR) is 55.1 cm³/mol. The highest BCUT2D eigenvalue weighted by molar-refractivity contribution is 7.09. The van der Waals surface area contributed by atoms with Crippen LogP contribution in [0.15, 0.2) is 17.8 Å². The van der Waals surface area contributed by atoms with E-state index in [4.69, 9.17) is 5.11 Å². The van der Waals surface area contributed by atoms with Crippen molar-refractivity contribution >= 4 is 17.3 Å². The average Bonchev–Trinajstić information content (AvgIpc) is 2.75. The van der Waals surface area contributed by atoms with E-state index in [0.29, 0.717) is 12.1 Å². The molecule has 2 rings (SSSR count). The summed E-state index contributed by atoms with van der Waals surface area (Å²) in [5.74, 6) is -0.995. The number of carbonyl (C=O) groups is 1. The van der Waals surface area contributed by atoms with Gasteiger partial charge in [0.05, 0.1) is 6.54 Å². The van der Waals surface area contributed by atoms with Crippen molar-refractivity contribution < 1.29 is 9.90 Å². The van der Waals surface area contributed by atoms with Gasteiger partial charge < -0.3 is 5.11 Å². The molecule has 0 radical (unpaired) electrons. The molecule has 0 saturated carbocycles. The fraction of sp³-hybridized carbons (Fsp3) is 0.222. The molecule has 2 aromatic rings. The van der Waals surface area contributed by atoms with Gasteiger partial charge in [0.1, 0.15) is 5.01 Å². The summed E-state index contributed by atoms with van der Waals surface area (Å²) in [6, 6.07) is 0. The van der Waals surface area contributed by atoms with Gasteiger partial charge in [-0.3, -0.25) is 4.68 Å². The average molecular weight is 223 g/mol. The van der Waals surface area contributed by atoms with E-state index >= 15 is 0 Å². The number of aryl methyl sites for hydroxylation is 1. The maximum Gasteiger partial charge on any atom is 0.356 e. The van der Waals surface area contributed by atoms with Crippen LogP contribution in [0.1, 0.15) is 21.1 Å². The largest absolute Gasteiger partial charge is 0.476 e. The molecule has 0 amide bonds. The number of rotatable bonds is 3. The third kappa shape index (κ3) is 2.04. The van der Waals surface area contributed by atoms with Gasteiger partial charge in [0.25, 0.3) is 0 Å². The van der Waals surface area contributed by atoms with Gasteiger partial charge in [-0.1, -0.05) is 0 Å². The summed E-state index contributed by atoms with van der Waals surface area (Å²) >= 11 is 1.52. The Morgan fingerprint density at radius 3 is 3.00 bits per heavy atom. The molecule has 0 saturated heterocycles. The predicted octanol–water partition coefficient (Wildman–Crippen LogP) is 1.39. The van der Waals surface area contributed by atoms with Crippen LogP contribution in [0, 0.1) is 6.92 Å². The minimum atomic E-state index is -0.995. The Morgan fingerprint density at radius 2 is 2.47 bits per heavy atom. The molecule has 0 fully saturated rings. The van der Waals surface area contributed by atoms with Crippen LogP contribution in [0.5, 0.6) is 0 Å². The van der Waals surface area contributed by atoms with Crippen LogP contribution in [0.3, 0.4) is 0 Å². The molecule has 1 N–H and O–H groups in total. The van der Waals surface area contributed by atoms with Crippen molar-refractivity contribution in [1.29, 1.82) is 0 Å². The van der Waals surface area contributed by atoms with E-state index in [9.17, 15) is 4.79 Å². The lowest BCUT2D eigenvalue weighted by molar-refractivity contribution is 0.0688. The van der Waals surface area contributed by atoms with Gasteiger partial charge in [-0.15, -0.1) is 11.3 Å². The van der Waals surface area contributed by atoms with E-state index in [1.54, 1.807) is 24.0 Å². The van der Waals surface area contributed by atoms with Gasteiger partial charge in [-0.2, -0.15) is 5.10 Å². The third-order valence-corrected chi connectivity index (χ3v) is 2.69. The van der Waals surface area contributed by atoms with Crippen molar-refractivity contribution in [2.24, 2.45) is 0 Å². The number of hydrogen-bond donors (Lipinski definition) is 1. The molecular formula is C9H9N3O2S. The zero-order valence-corrected chi connectivity index (χ0v) is 8.86. The Labute approximate surface area is 90.0 Å². The number of carboxylic acid groups (broad SMARTS) is 1. The van der Waals surface area contributed by atoms with Gasteiger partial charge in [-0.25, -0.2) is 9.78 Å². The maximum atomic E-state index is 10.7. The molecule has 6 heteroatoms. The Hall–Kier alpha value is -1.69. The molecular weight excluding hydrogens is 214 g/mol.